The lowest BCUT2D eigenvalue weighted by Crippen LogP contribution is -2.52. The van der Waals surface area contributed by atoms with E-state index in [0.717, 1.165) is 17.9 Å². The second-order valence-corrected chi connectivity index (χ2v) is 8.58. The molecule has 0 radical (unpaired) electrons. The van der Waals surface area contributed by atoms with E-state index < -0.39 is 0 Å². The van der Waals surface area contributed by atoms with E-state index in [1.54, 1.807) is 0 Å². The molecule has 2 aliphatic carbocycles. The molecule has 2 saturated carbocycles. The van der Waals surface area contributed by atoms with Crippen LogP contribution >= 0.6 is 0 Å². The minimum Gasteiger partial charge on any atom is -0.327 e. The van der Waals surface area contributed by atoms with E-state index in [-0.39, 0.29) is 0 Å². The van der Waals surface area contributed by atoms with Gasteiger partial charge in [-0.15, -0.1) is 0 Å². The molecule has 0 aromatic heterocycles. The van der Waals surface area contributed by atoms with Gasteiger partial charge in [-0.05, 0) is 68.7 Å². The zero-order valence-electron chi connectivity index (χ0n) is 13.6. The van der Waals surface area contributed by atoms with Gasteiger partial charge in [-0.25, -0.2) is 0 Å². The van der Waals surface area contributed by atoms with Crippen LogP contribution in [0.1, 0.15) is 71.6 Å². The Labute approximate surface area is 125 Å². The van der Waals surface area contributed by atoms with E-state index in [1.165, 1.54) is 70.9 Å². The second kappa shape index (κ2) is 5.96. The summed E-state index contributed by atoms with van der Waals surface area (Å²) < 4.78 is 0. The normalized spacial score (nSPS) is 42.1. The number of nitrogens with two attached hydrogens (primary N) is 1. The van der Waals surface area contributed by atoms with Crippen LogP contribution in [0.4, 0.5) is 0 Å². The summed E-state index contributed by atoms with van der Waals surface area (Å²) in [6.07, 6.45) is 12.7. The number of nitrogens with zero attached hydrogens (tertiary/aromatic N) is 1. The van der Waals surface area contributed by atoms with Crippen molar-refractivity contribution in [3.8, 4) is 0 Å². The second-order valence-electron chi connectivity index (χ2n) is 8.58. The lowest BCUT2D eigenvalue weighted by atomic mass is 9.69. The maximum atomic E-state index is 6.46. The highest BCUT2D eigenvalue weighted by molar-refractivity contribution is 4.93. The Kier molecular flexibility index (Phi) is 4.42. The van der Waals surface area contributed by atoms with Gasteiger partial charge >= 0.3 is 0 Å². The molecule has 116 valence electrons. The summed E-state index contributed by atoms with van der Waals surface area (Å²) in [6.45, 7) is 7.49. The standard InChI is InChI=1S/C18H34N2/c1-18(2)10-9-16(19)15(12-18)13-20-11-5-7-14-6-3-4-8-17(14)20/h14-17H,3-13,19H2,1-2H3. The summed E-state index contributed by atoms with van der Waals surface area (Å²) in [5, 5.41) is 0. The van der Waals surface area contributed by atoms with Crippen molar-refractivity contribution in [2.24, 2.45) is 23.0 Å². The van der Waals surface area contributed by atoms with Crippen LogP contribution in [0.5, 0.6) is 0 Å². The van der Waals surface area contributed by atoms with Crippen LogP contribution in [0.25, 0.3) is 0 Å². The van der Waals surface area contributed by atoms with Crippen molar-refractivity contribution in [1.29, 1.82) is 0 Å². The van der Waals surface area contributed by atoms with Crippen LogP contribution in [0.3, 0.4) is 0 Å². The van der Waals surface area contributed by atoms with Gasteiger partial charge in [-0.2, -0.15) is 0 Å². The van der Waals surface area contributed by atoms with E-state index in [0.29, 0.717) is 11.5 Å². The van der Waals surface area contributed by atoms with E-state index in [4.69, 9.17) is 5.73 Å². The van der Waals surface area contributed by atoms with Gasteiger partial charge in [0.05, 0.1) is 0 Å². The van der Waals surface area contributed by atoms with Crippen molar-refractivity contribution in [2.45, 2.75) is 83.7 Å². The largest absolute Gasteiger partial charge is 0.327 e. The lowest BCUT2D eigenvalue weighted by molar-refractivity contribution is 0.0271. The number of hydrogen-bond acceptors (Lipinski definition) is 2. The Balaban J connectivity index is 1.63. The molecule has 1 heterocycles. The van der Waals surface area contributed by atoms with Gasteiger partial charge in [0.15, 0.2) is 0 Å². The molecule has 0 amide bonds. The predicted molar refractivity (Wildman–Crippen MR) is 85.7 cm³/mol. The van der Waals surface area contributed by atoms with Gasteiger partial charge in [0.25, 0.3) is 0 Å². The summed E-state index contributed by atoms with van der Waals surface area (Å²) >= 11 is 0. The van der Waals surface area contributed by atoms with E-state index in [2.05, 4.69) is 18.7 Å². The highest BCUT2D eigenvalue weighted by Gasteiger charge is 2.38. The monoisotopic (exact) mass is 278 g/mol. The van der Waals surface area contributed by atoms with Crippen molar-refractivity contribution < 1.29 is 0 Å². The highest BCUT2D eigenvalue weighted by Crippen LogP contribution is 2.40. The lowest BCUT2D eigenvalue weighted by Gasteiger charge is -2.48. The van der Waals surface area contributed by atoms with Gasteiger partial charge in [-0.1, -0.05) is 26.7 Å². The maximum absolute atomic E-state index is 6.46. The molecule has 4 atom stereocenters. The van der Waals surface area contributed by atoms with Crippen molar-refractivity contribution >= 4 is 0 Å². The Morgan fingerprint density at radius 2 is 1.80 bits per heavy atom. The van der Waals surface area contributed by atoms with E-state index in [1.807, 2.05) is 0 Å². The molecule has 0 aromatic carbocycles. The summed E-state index contributed by atoms with van der Waals surface area (Å²) in [5.74, 6) is 1.74. The van der Waals surface area contributed by atoms with Crippen molar-refractivity contribution in [1.82, 2.24) is 4.90 Å². The Bertz CT molecular complexity index is 323. The molecule has 2 heteroatoms. The number of rotatable bonds is 2. The third-order valence-corrected chi connectivity index (χ3v) is 6.40. The molecule has 1 saturated heterocycles. The molecule has 1 aliphatic heterocycles. The minimum absolute atomic E-state index is 0.451. The molecule has 0 bridgehead atoms. The highest BCUT2D eigenvalue weighted by atomic mass is 15.2. The first-order chi connectivity index (χ1) is 9.55. The molecular weight excluding hydrogens is 244 g/mol. The SMILES string of the molecule is CC1(C)CCC(N)C(CN2CCCC3CCCCC32)C1. The average Bonchev–Trinajstić information content (AvgIpc) is 2.43. The Morgan fingerprint density at radius 3 is 2.65 bits per heavy atom. The maximum Gasteiger partial charge on any atom is 0.0124 e. The van der Waals surface area contributed by atoms with Crippen molar-refractivity contribution in [2.75, 3.05) is 13.1 Å². The molecular formula is C18H34N2. The van der Waals surface area contributed by atoms with Crippen LogP contribution in [-0.2, 0) is 0 Å². The Morgan fingerprint density at radius 1 is 1.05 bits per heavy atom. The first-order valence-corrected chi connectivity index (χ1v) is 9.05. The van der Waals surface area contributed by atoms with E-state index in [9.17, 15) is 0 Å². The number of piperidine rings is 1. The quantitative estimate of drug-likeness (QED) is 0.832. The zero-order valence-corrected chi connectivity index (χ0v) is 13.6. The molecule has 0 aromatic rings. The molecule has 20 heavy (non-hydrogen) atoms. The van der Waals surface area contributed by atoms with Crippen LogP contribution in [0.2, 0.25) is 0 Å². The zero-order chi connectivity index (χ0) is 14.2. The third-order valence-electron chi connectivity index (χ3n) is 6.40. The van der Waals surface area contributed by atoms with Gasteiger partial charge in [0.2, 0.25) is 0 Å². The van der Waals surface area contributed by atoms with Gasteiger partial charge in [0.1, 0.15) is 0 Å². The summed E-state index contributed by atoms with van der Waals surface area (Å²) in [7, 11) is 0. The van der Waals surface area contributed by atoms with Crippen LogP contribution in [-0.4, -0.2) is 30.1 Å². The molecule has 3 fully saturated rings. The summed E-state index contributed by atoms with van der Waals surface area (Å²) in [6, 6.07) is 1.35. The Hall–Kier alpha value is -0.0800. The fourth-order valence-electron chi connectivity index (χ4n) is 5.21. The topological polar surface area (TPSA) is 29.3 Å². The molecule has 2 N–H and O–H groups in total. The minimum atomic E-state index is 0.451. The number of hydrogen-bond donors (Lipinski definition) is 1. The van der Waals surface area contributed by atoms with Crippen LogP contribution in [0, 0.1) is 17.3 Å². The van der Waals surface area contributed by atoms with Crippen LogP contribution < -0.4 is 5.73 Å². The van der Waals surface area contributed by atoms with E-state index >= 15 is 0 Å². The number of likely N-dealkylation sites (tertiary alicyclic amines) is 1. The average molecular weight is 278 g/mol. The smallest absolute Gasteiger partial charge is 0.0124 e. The van der Waals surface area contributed by atoms with Gasteiger partial charge in [-0.3, -0.25) is 4.90 Å². The van der Waals surface area contributed by atoms with Gasteiger partial charge < -0.3 is 5.73 Å². The van der Waals surface area contributed by atoms with Gasteiger partial charge in [0, 0.05) is 18.6 Å². The third kappa shape index (κ3) is 3.22. The fourth-order valence-corrected chi connectivity index (χ4v) is 5.21. The molecule has 0 spiro atoms. The number of fused-ring (bicyclic) bond motifs is 1. The van der Waals surface area contributed by atoms with Crippen molar-refractivity contribution in [3.05, 3.63) is 0 Å². The fraction of sp³-hybridized carbons (Fsp3) is 1.00. The first kappa shape index (κ1) is 14.8. The summed E-state index contributed by atoms with van der Waals surface area (Å²) in [5.41, 5.74) is 6.97. The molecule has 3 aliphatic rings. The summed E-state index contributed by atoms with van der Waals surface area (Å²) in [4.78, 5) is 2.85. The molecule has 4 unspecified atom stereocenters. The first-order valence-electron chi connectivity index (χ1n) is 9.05. The van der Waals surface area contributed by atoms with Crippen LogP contribution in [0.15, 0.2) is 0 Å². The van der Waals surface area contributed by atoms with Crippen molar-refractivity contribution in [3.63, 3.8) is 0 Å². The molecule has 3 rings (SSSR count). The molecule has 2 nitrogen and oxygen atoms in total. The predicted octanol–water partition coefficient (Wildman–Crippen LogP) is 3.79.